The Morgan fingerprint density at radius 2 is 2.20 bits per heavy atom. The minimum Gasteiger partial charge on any atom is -0.478 e. The molecule has 0 heterocycles. The molecule has 0 aromatic heterocycles. The fourth-order valence-corrected chi connectivity index (χ4v) is 2.50. The van der Waals surface area contributed by atoms with Crippen LogP contribution in [0.1, 0.15) is 19.4 Å². The first-order chi connectivity index (χ1) is 9.45. The highest BCUT2D eigenvalue weighted by atomic mass is 79.9. The molecule has 0 fully saturated rings. The minimum atomic E-state index is -0.950. The van der Waals surface area contributed by atoms with Crippen molar-refractivity contribution in [2.45, 2.75) is 19.9 Å². The van der Waals surface area contributed by atoms with E-state index < -0.39 is 5.97 Å². The van der Waals surface area contributed by atoms with Gasteiger partial charge >= 0.3 is 5.97 Å². The van der Waals surface area contributed by atoms with E-state index in [4.69, 9.17) is 9.84 Å². The predicted octanol–water partition coefficient (Wildman–Crippen LogP) is 3.41. The summed E-state index contributed by atoms with van der Waals surface area (Å²) in [4.78, 5) is 12.8. The Balaban J connectivity index is 2.97. The number of carboxylic acids is 1. The van der Waals surface area contributed by atoms with Gasteiger partial charge in [0, 0.05) is 30.2 Å². The highest BCUT2D eigenvalue weighted by Crippen LogP contribution is 2.29. The molecule has 1 aromatic carbocycles. The Kier molecular flexibility index (Phi) is 6.75. The summed E-state index contributed by atoms with van der Waals surface area (Å²) in [7, 11) is 1.69. The van der Waals surface area contributed by atoms with Gasteiger partial charge in [0.2, 0.25) is 0 Å². The molecule has 0 atom stereocenters. The van der Waals surface area contributed by atoms with Gasteiger partial charge in [-0.05, 0) is 53.5 Å². The van der Waals surface area contributed by atoms with Gasteiger partial charge in [-0.25, -0.2) is 4.79 Å². The molecule has 1 aromatic rings. The zero-order chi connectivity index (χ0) is 15.1. The standard InChI is InChI=1S/C15H20BrNO3/c1-11(2)17(8-9-20-3)14-6-4-12(10-13(14)16)5-7-15(18)19/h4-7,10-11H,8-9H2,1-3H3,(H,18,19)/b7-5+. The smallest absolute Gasteiger partial charge is 0.328 e. The zero-order valence-corrected chi connectivity index (χ0v) is 13.6. The normalized spacial score (nSPS) is 11.2. The summed E-state index contributed by atoms with van der Waals surface area (Å²) < 4.78 is 6.08. The first-order valence-electron chi connectivity index (χ1n) is 6.42. The van der Waals surface area contributed by atoms with E-state index in [1.807, 2.05) is 18.2 Å². The van der Waals surface area contributed by atoms with Gasteiger partial charge in [-0.3, -0.25) is 0 Å². The fourth-order valence-electron chi connectivity index (χ4n) is 1.87. The molecule has 0 aliphatic heterocycles. The molecule has 4 nitrogen and oxygen atoms in total. The van der Waals surface area contributed by atoms with Crippen LogP contribution in [-0.2, 0) is 9.53 Å². The third kappa shape index (κ3) is 4.98. The molecular formula is C15H20BrNO3. The largest absolute Gasteiger partial charge is 0.478 e. The van der Waals surface area contributed by atoms with Crippen LogP contribution in [0.2, 0.25) is 0 Å². The van der Waals surface area contributed by atoms with Crippen LogP contribution in [0.3, 0.4) is 0 Å². The number of aliphatic carboxylic acids is 1. The number of hydrogen-bond acceptors (Lipinski definition) is 3. The van der Waals surface area contributed by atoms with Crippen LogP contribution >= 0.6 is 15.9 Å². The number of halogens is 1. The molecule has 0 amide bonds. The maximum atomic E-state index is 10.5. The highest BCUT2D eigenvalue weighted by Gasteiger charge is 2.13. The summed E-state index contributed by atoms with van der Waals surface area (Å²) in [6, 6.07) is 6.15. The van der Waals surface area contributed by atoms with Crippen LogP contribution in [0.15, 0.2) is 28.7 Å². The second kappa shape index (κ2) is 8.07. The molecule has 0 saturated carbocycles. The molecule has 1 N–H and O–H groups in total. The lowest BCUT2D eigenvalue weighted by atomic mass is 10.1. The van der Waals surface area contributed by atoms with Crippen molar-refractivity contribution in [2.24, 2.45) is 0 Å². The highest BCUT2D eigenvalue weighted by molar-refractivity contribution is 9.10. The van der Waals surface area contributed by atoms with Crippen molar-refractivity contribution >= 4 is 33.7 Å². The fraction of sp³-hybridized carbons (Fsp3) is 0.400. The maximum Gasteiger partial charge on any atom is 0.328 e. The molecule has 0 saturated heterocycles. The average molecular weight is 342 g/mol. The van der Waals surface area contributed by atoms with Gasteiger partial charge in [0.15, 0.2) is 0 Å². The van der Waals surface area contributed by atoms with E-state index in [0.717, 1.165) is 28.3 Å². The van der Waals surface area contributed by atoms with Crippen LogP contribution < -0.4 is 4.90 Å². The number of carbonyl (C=O) groups is 1. The second-order valence-corrected chi connectivity index (χ2v) is 5.52. The van der Waals surface area contributed by atoms with Gasteiger partial charge in [-0.15, -0.1) is 0 Å². The number of benzene rings is 1. The molecule has 0 radical (unpaired) electrons. The molecule has 0 bridgehead atoms. The Bertz CT molecular complexity index is 486. The Morgan fingerprint density at radius 1 is 1.50 bits per heavy atom. The summed E-state index contributed by atoms with van der Waals surface area (Å²) in [6.45, 7) is 5.71. The van der Waals surface area contributed by atoms with Gasteiger partial charge in [-0.1, -0.05) is 6.07 Å². The molecule has 0 aliphatic carbocycles. The quantitative estimate of drug-likeness (QED) is 0.772. The number of rotatable bonds is 7. The van der Waals surface area contributed by atoms with Gasteiger partial charge < -0.3 is 14.7 Å². The molecule has 0 spiro atoms. The number of carboxylic acid groups (broad SMARTS) is 1. The zero-order valence-electron chi connectivity index (χ0n) is 12.0. The third-order valence-electron chi connectivity index (χ3n) is 2.86. The average Bonchev–Trinajstić information content (AvgIpc) is 2.38. The number of ether oxygens (including phenoxy) is 1. The van der Waals surface area contributed by atoms with E-state index in [1.165, 1.54) is 0 Å². The van der Waals surface area contributed by atoms with Crippen molar-refractivity contribution in [1.82, 2.24) is 0 Å². The van der Waals surface area contributed by atoms with Crippen molar-refractivity contribution < 1.29 is 14.6 Å². The first-order valence-corrected chi connectivity index (χ1v) is 7.21. The molecule has 0 unspecified atom stereocenters. The van der Waals surface area contributed by atoms with Gasteiger partial charge in [0.25, 0.3) is 0 Å². The van der Waals surface area contributed by atoms with Crippen LogP contribution in [0, 0.1) is 0 Å². The summed E-state index contributed by atoms with van der Waals surface area (Å²) in [5.41, 5.74) is 1.92. The number of nitrogens with zero attached hydrogens (tertiary/aromatic N) is 1. The summed E-state index contributed by atoms with van der Waals surface area (Å²) in [6.07, 6.45) is 2.71. The Hall–Kier alpha value is -1.33. The lowest BCUT2D eigenvalue weighted by Crippen LogP contribution is -2.34. The monoisotopic (exact) mass is 341 g/mol. The molecule has 20 heavy (non-hydrogen) atoms. The second-order valence-electron chi connectivity index (χ2n) is 4.66. The molecule has 110 valence electrons. The van der Waals surface area contributed by atoms with E-state index in [2.05, 4.69) is 34.7 Å². The van der Waals surface area contributed by atoms with Crippen molar-refractivity contribution in [3.05, 3.63) is 34.3 Å². The number of methoxy groups -OCH3 is 1. The SMILES string of the molecule is COCCN(c1ccc(/C=C/C(=O)O)cc1Br)C(C)C. The summed E-state index contributed by atoms with van der Waals surface area (Å²) in [5.74, 6) is -0.950. The van der Waals surface area contributed by atoms with E-state index in [0.29, 0.717) is 12.6 Å². The van der Waals surface area contributed by atoms with E-state index in [9.17, 15) is 4.79 Å². The van der Waals surface area contributed by atoms with Crippen molar-refractivity contribution in [3.63, 3.8) is 0 Å². The molecular weight excluding hydrogens is 322 g/mol. The van der Waals surface area contributed by atoms with Gasteiger partial charge in [0.05, 0.1) is 12.3 Å². The number of anilines is 1. The maximum absolute atomic E-state index is 10.5. The lowest BCUT2D eigenvalue weighted by Gasteiger charge is -2.29. The Morgan fingerprint density at radius 3 is 2.70 bits per heavy atom. The van der Waals surface area contributed by atoms with Crippen LogP contribution in [0.4, 0.5) is 5.69 Å². The van der Waals surface area contributed by atoms with E-state index >= 15 is 0 Å². The van der Waals surface area contributed by atoms with Crippen molar-refractivity contribution in [3.8, 4) is 0 Å². The van der Waals surface area contributed by atoms with Crippen LogP contribution in [0.25, 0.3) is 6.08 Å². The molecule has 5 heteroatoms. The Labute approximate surface area is 128 Å². The third-order valence-corrected chi connectivity index (χ3v) is 3.49. The number of hydrogen-bond donors (Lipinski definition) is 1. The van der Waals surface area contributed by atoms with E-state index in [-0.39, 0.29) is 0 Å². The van der Waals surface area contributed by atoms with Crippen molar-refractivity contribution in [2.75, 3.05) is 25.2 Å². The molecule has 0 aliphatic rings. The van der Waals surface area contributed by atoms with Crippen LogP contribution in [0.5, 0.6) is 0 Å². The van der Waals surface area contributed by atoms with Gasteiger partial charge in [0.1, 0.15) is 0 Å². The van der Waals surface area contributed by atoms with Gasteiger partial charge in [-0.2, -0.15) is 0 Å². The van der Waals surface area contributed by atoms with Crippen molar-refractivity contribution in [1.29, 1.82) is 0 Å². The minimum absolute atomic E-state index is 0.349. The summed E-state index contributed by atoms with van der Waals surface area (Å²) >= 11 is 3.55. The lowest BCUT2D eigenvalue weighted by molar-refractivity contribution is -0.131. The van der Waals surface area contributed by atoms with Crippen LogP contribution in [-0.4, -0.2) is 37.4 Å². The first kappa shape index (κ1) is 16.7. The topological polar surface area (TPSA) is 49.8 Å². The predicted molar refractivity (Wildman–Crippen MR) is 85.2 cm³/mol. The molecule has 1 rings (SSSR count). The summed E-state index contributed by atoms with van der Waals surface area (Å²) in [5, 5.41) is 8.64. The van der Waals surface area contributed by atoms with E-state index in [1.54, 1.807) is 13.2 Å².